The van der Waals surface area contributed by atoms with Crippen LogP contribution >= 0.6 is 11.3 Å². The van der Waals surface area contributed by atoms with E-state index >= 15 is 0 Å². The third kappa shape index (κ3) is 2.81. The van der Waals surface area contributed by atoms with E-state index in [4.69, 9.17) is 0 Å². The molecule has 2 saturated heterocycles. The fourth-order valence-electron chi connectivity index (χ4n) is 4.21. The Morgan fingerprint density at radius 2 is 2.05 bits per heavy atom. The van der Waals surface area contributed by atoms with Crippen LogP contribution in [0.25, 0.3) is 0 Å². The van der Waals surface area contributed by atoms with Crippen LogP contribution in [0.1, 0.15) is 55.5 Å². The SMILES string of the molecule is CCCNC(c1csc(C)c1)C1CC2CCC(C1)N2C. The molecule has 20 heavy (non-hydrogen) atoms. The van der Waals surface area contributed by atoms with E-state index in [2.05, 4.69) is 42.6 Å². The topological polar surface area (TPSA) is 15.3 Å². The first-order chi connectivity index (χ1) is 9.69. The number of fused-ring (bicyclic) bond motifs is 2. The minimum Gasteiger partial charge on any atom is -0.310 e. The zero-order valence-electron chi connectivity index (χ0n) is 13.1. The summed E-state index contributed by atoms with van der Waals surface area (Å²) >= 11 is 1.90. The van der Waals surface area contributed by atoms with Crippen molar-refractivity contribution in [3.8, 4) is 0 Å². The van der Waals surface area contributed by atoms with Gasteiger partial charge in [0, 0.05) is 23.0 Å². The van der Waals surface area contributed by atoms with Crippen molar-refractivity contribution < 1.29 is 0 Å². The smallest absolute Gasteiger partial charge is 0.0358 e. The summed E-state index contributed by atoms with van der Waals surface area (Å²) in [6.45, 7) is 5.63. The highest BCUT2D eigenvalue weighted by molar-refractivity contribution is 7.10. The van der Waals surface area contributed by atoms with Gasteiger partial charge in [-0.3, -0.25) is 0 Å². The van der Waals surface area contributed by atoms with Crippen molar-refractivity contribution in [2.24, 2.45) is 5.92 Å². The number of rotatable bonds is 5. The normalized spacial score (nSPS) is 31.6. The molecule has 3 unspecified atom stereocenters. The lowest BCUT2D eigenvalue weighted by atomic mass is 9.82. The van der Waals surface area contributed by atoms with Crippen LogP contribution in [0.15, 0.2) is 11.4 Å². The fourth-order valence-corrected chi connectivity index (χ4v) is 4.95. The van der Waals surface area contributed by atoms with E-state index in [1.54, 1.807) is 0 Å². The summed E-state index contributed by atoms with van der Waals surface area (Å²) < 4.78 is 0. The van der Waals surface area contributed by atoms with Gasteiger partial charge in [-0.05, 0) is 75.5 Å². The number of nitrogens with one attached hydrogen (secondary N) is 1. The number of thiophene rings is 1. The zero-order valence-corrected chi connectivity index (χ0v) is 13.9. The summed E-state index contributed by atoms with van der Waals surface area (Å²) in [5.74, 6) is 0.823. The lowest BCUT2D eigenvalue weighted by Crippen LogP contribution is -2.43. The van der Waals surface area contributed by atoms with Gasteiger partial charge >= 0.3 is 0 Å². The summed E-state index contributed by atoms with van der Waals surface area (Å²) in [5.41, 5.74) is 1.54. The highest BCUT2D eigenvalue weighted by Gasteiger charge is 2.41. The van der Waals surface area contributed by atoms with Gasteiger partial charge in [-0.25, -0.2) is 0 Å². The molecular weight excluding hydrogens is 264 g/mol. The van der Waals surface area contributed by atoms with E-state index in [0.29, 0.717) is 6.04 Å². The van der Waals surface area contributed by atoms with Crippen LogP contribution in [0.3, 0.4) is 0 Å². The molecule has 2 bridgehead atoms. The summed E-state index contributed by atoms with van der Waals surface area (Å²) in [6, 6.07) is 4.66. The van der Waals surface area contributed by atoms with Gasteiger partial charge in [-0.2, -0.15) is 0 Å². The highest BCUT2D eigenvalue weighted by atomic mass is 32.1. The fraction of sp³-hybridized carbons (Fsp3) is 0.765. The highest BCUT2D eigenvalue weighted by Crippen LogP contribution is 2.43. The van der Waals surface area contributed by atoms with Gasteiger partial charge in [0.05, 0.1) is 0 Å². The van der Waals surface area contributed by atoms with Crippen molar-refractivity contribution in [1.29, 1.82) is 0 Å². The van der Waals surface area contributed by atoms with E-state index in [9.17, 15) is 0 Å². The minimum atomic E-state index is 0.580. The molecule has 3 heteroatoms. The lowest BCUT2D eigenvalue weighted by Gasteiger charge is -2.40. The maximum absolute atomic E-state index is 3.84. The van der Waals surface area contributed by atoms with Gasteiger partial charge in [0.15, 0.2) is 0 Å². The van der Waals surface area contributed by atoms with Crippen molar-refractivity contribution in [3.05, 3.63) is 21.9 Å². The molecule has 0 radical (unpaired) electrons. The van der Waals surface area contributed by atoms with Gasteiger partial charge in [-0.1, -0.05) is 6.92 Å². The average molecular weight is 292 g/mol. The Bertz CT molecular complexity index is 428. The molecule has 3 atom stereocenters. The number of aryl methyl sites for hydroxylation is 1. The van der Waals surface area contributed by atoms with Gasteiger partial charge in [-0.15, -0.1) is 11.3 Å². The molecule has 2 aliphatic heterocycles. The Kier molecular flexibility index (Phi) is 4.49. The molecule has 0 spiro atoms. The van der Waals surface area contributed by atoms with Crippen molar-refractivity contribution in [2.45, 2.75) is 64.1 Å². The standard InChI is InChI=1S/C17H28N2S/c1-4-7-18-17(14-8-12(2)20-11-14)13-9-15-5-6-16(10-13)19(15)3/h8,11,13,15-18H,4-7,9-10H2,1-3H3. The quantitative estimate of drug-likeness (QED) is 0.883. The molecule has 0 aliphatic carbocycles. The van der Waals surface area contributed by atoms with Crippen molar-refractivity contribution in [3.63, 3.8) is 0 Å². The predicted octanol–water partition coefficient (Wildman–Crippen LogP) is 3.97. The Labute approximate surface area is 127 Å². The number of hydrogen-bond acceptors (Lipinski definition) is 3. The Hall–Kier alpha value is -0.380. The van der Waals surface area contributed by atoms with Gasteiger partial charge in [0.25, 0.3) is 0 Å². The molecule has 3 heterocycles. The van der Waals surface area contributed by atoms with Crippen LogP contribution in [-0.4, -0.2) is 30.6 Å². The maximum Gasteiger partial charge on any atom is 0.0358 e. The second-order valence-corrected chi connectivity index (χ2v) is 7.82. The van der Waals surface area contributed by atoms with Crippen molar-refractivity contribution >= 4 is 11.3 Å². The zero-order chi connectivity index (χ0) is 14.1. The summed E-state index contributed by atoms with van der Waals surface area (Å²) in [7, 11) is 2.34. The first-order valence-corrected chi connectivity index (χ1v) is 9.07. The van der Waals surface area contributed by atoms with E-state index in [1.807, 2.05) is 11.3 Å². The van der Waals surface area contributed by atoms with Crippen LogP contribution in [-0.2, 0) is 0 Å². The molecule has 2 fully saturated rings. The second-order valence-electron chi connectivity index (χ2n) is 6.70. The third-order valence-electron chi connectivity index (χ3n) is 5.33. The van der Waals surface area contributed by atoms with E-state index in [-0.39, 0.29) is 0 Å². The number of piperidine rings is 1. The van der Waals surface area contributed by atoms with E-state index < -0.39 is 0 Å². The first-order valence-electron chi connectivity index (χ1n) is 8.19. The molecular formula is C17H28N2S. The van der Waals surface area contributed by atoms with Crippen molar-refractivity contribution in [1.82, 2.24) is 10.2 Å². The molecule has 0 amide bonds. The lowest BCUT2D eigenvalue weighted by molar-refractivity contribution is 0.112. The Balaban J connectivity index is 1.76. The third-order valence-corrected chi connectivity index (χ3v) is 6.21. The molecule has 3 rings (SSSR count). The van der Waals surface area contributed by atoms with Crippen molar-refractivity contribution in [2.75, 3.05) is 13.6 Å². The van der Waals surface area contributed by atoms with E-state index in [1.165, 1.54) is 42.5 Å². The van der Waals surface area contributed by atoms with Gasteiger partial charge in [0.2, 0.25) is 0 Å². The molecule has 0 aromatic carbocycles. The molecule has 2 aliphatic rings. The molecule has 0 saturated carbocycles. The molecule has 1 aromatic heterocycles. The predicted molar refractivity (Wildman–Crippen MR) is 87.4 cm³/mol. The summed E-state index contributed by atoms with van der Waals surface area (Å²) in [5, 5.41) is 6.22. The van der Waals surface area contributed by atoms with Crippen LogP contribution in [0.5, 0.6) is 0 Å². The minimum absolute atomic E-state index is 0.580. The molecule has 1 N–H and O–H groups in total. The van der Waals surface area contributed by atoms with Gasteiger partial charge < -0.3 is 10.2 Å². The first kappa shape index (κ1) is 14.6. The number of hydrogen-bond donors (Lipinski definition) is 1. The average Bonchev–Trinajstić information content (AvgIpc) is 2.91. The number of nitrogens with zero attached hydrogens (tertiary/aromatic N) is 1. The van der Waals surface area contributed by atoms with Crippen LogP contribution < -0.4 is 5.32 Å². The Morgan fingerprint density at radius 1 is 1.35 bits per heavy atom. The van der Waals surface area contributed by atoms with E-state index in [0.717, 1.165) is 24.5 Å². The van der Waals surface area contributed by atoms with Crippen LogP contribution in [0.2, 0.25) is 0 Å². The monoisotopic (exact) mass is 292 g/mol. The molecule has 2 nitrogen and oxygen atoms in total. The Morgan fingerprint density at radius 3 is 2.60 bits per heavy atom. The molecule has 1 aromatic rings. The summed E-state index contributed by atoms with van der Waals surface area (Å²) in [6.07, 6.45) is 6.81. The second kappa shape index (κ2) is 6.17. The summed E-state index contributed by atoms with van der Waals surface area (Å²) in [4.78, 5) is 4.09. The van der Waals surface area contributed by atoms with Crippen LogP contribution in [0.4, 0.5) is 0 Å². The molecule has 112 valence electrons. The van der Waals surface area contributed by atoms with Crippen LogP contribution in [0, 0.1) is 12.8 Å². The van der Waals surface area contributed by atoms with Gasteiger partial charge in [0.1, 0.15) is 0 Å². The largest absolute Gasteiger partial charge is 0.310 e. The maximum atomic E-state index is 3.84.